The second-order valence-corrected chi connectivity index (χ2v) is 5.11. The van der Waals surface area contributed by atoms with Gasteiger partial charge in [-0.25, -0.2) is 9.78 Å². The highest BCUT2D eigenvalue weighted by Crippen LogP contribution is 2.36. The Labute approximate surface area is 138 Å². The van der Waals surface area contributed by atoms with Crippen molar-refractivity contribution in [3.63, 3.8) is 0 Å². The van der Waals surface area contributed by atoms with Crippen molar-refractivity contribution < 1.29 is 19.4 Å². The Morgan fingerprint density at radius 3 is 2.54 bits per heavy atom. The van der Waals surface area contributed by atoms with E-state index in [4.69, 9.17) is 9.47 Å². The highest BCUT2D eigenvalue weighted by Gasteiger charge is 2.23. The van der Waals surface area contributed by atoms with Crippen LogP contribution in [0.25, 0.3) is 22.2 Å². The lowest BCUT2D eigenvalue weighted by molar-refractivity contribution is 0.0599. The number of carbonyl (C=O) groups is 1. The third-order valence-electron chi connectivity index (χ3n) is 3.75. The summed E-state index contributed by atoms with van der Waals surface area (Å²) in [5.74, 6) is -0.181. The number of fused-ring (bicyclic) bond motifs is 1. The normalized spacial score (nSPS) is 10.6. The maximum absolute atomic E-state index is 12.3. The van der Waals surface area contributed by atoms with Gasteiger partial charge in [0.2, 0.25) is 0 Å². The number of hydrogen-bond donors (Lipinski definition) is 1. The molecule has 0 atom stereocenters. The fourth-order valence-corrected chi connectivity index (χ4v) is 2.56. The number of aliphatic hydroxyl groups excluding tert-OH is 1. The number of pyridine rings is 2. The first kappa shape index (κ1) is 15.9. The number of aliphatic hydroxyl groups is 1. The summed E-state index contributed by atoms with van der Waals surface area (Å²) in [4.78, 5) is 21.0. The van der Waals surface area contributed by atoms with E-state index in [1.807, 2.05) is 12.1 Å². The van der Waals surface area contributed by atoms with Crippen LogP contribution in [0.3, 0.4) is 0 Å². The average molecular weight is 324 g/mol. The molecule has 0 saturated carbocycles. The van der Waals surface area contributed by atoms with Gasteiger partial charge in [-0.1, -0.05) is 24.3 Å². The second kappa shape index (κ2) is 6.64. The van der Waals surface area contributed by atoms with Crippen LogP contribution < -0.4 is 4.74 Å². The Morgan fingerprint density at radius 1 is 1.17 bits per heavy atom. The third kappa shape index (κ3) is 2.68. The molecule has 2 aromatic heterocycles. The van der Waals surface area contributed by atoms with Crippen molar-refractivity contribution in [2.75, 3.05) is 14.2 Å². The number of esters is 1. The second-order valence-electron chi connectivity index (χ2n) is 5.11. The molecule has 122 valence electrons. The number of methoxy groups -OCH3 is 2. The van der Waals surface area contributed by atoms with Crippen molar-refractivity contribution in [2.45, 2.75) is 6.61 Å². The maximum atomic E-state index is 12.3. The first-order chi connectivity index (χ1) is 11.7. The molecular weight excluding hydrogens is 308 g/mol. The summed E-state index contributed by atoms with van der Waals surface area (Å²) in [5, 5.41) is 9.75. The summed E-state index contributed by atoms with van der Waals surface area (Å²) in [6.45, 7) is -0.0400. The van der Waals surface area contributed by atoms with Crippen LogP contribution in [0.2, 0.25) is 0 Å². The van der Waals surface area contributed by atoms with Gasteiger partial charge in [-0.2, -0.15) is 0 Å². The molecule has 0 aliphatic rings. The minimum absolute atomic E-state index is 0.0400. The minimum Gasteiger partial charge on any atom is -0.494 e. The maximum Gasteiger partial charge on any atom is 0.342 e. The zero-order chi connectivity index (χ0) is 17.1. The predicted octanol–water partition coefficient (Wildman–Crippen LogP) is 2.58. The first-order valence-electron chi connectivity index (χ1n) is 7.29. The van der Waals surface area contributed by atoms with E-state index in [0.29, 0.717) is 27.9 Å². The number of benzene rings is 1. The number of ether oxygens (including phenoxy) is 2. The molecule has 1 N–H and O–H groups in total. The van der Waals surface area contributed by atoms with E-state index in [2.05, 4.69) is 9.97 Å². The Morgan fingerprint density at radius 2 is 1.92 bits per heavy atom. The molecule has 0 unspecified atom stereocenters. The highest BCUT2D eigenvalue weighted by molar-refractivity contribution is 6.07. The van der Waals surface area contributed by atoms with Crippen LogP contribution in [-0.2, 0) is 11.3 Å². The van der Waals surface area contributed by atoms with E-state index in [-0.39, 0.29) is 6.61 Å². The van der Waals surface area contributed by atoms with Crippen molar-refractivity contribution in [1.82, 2.24) is 9.97 Å². The molecule has 0 saturated heterocycles. The van der Waals surface area contributed by atoms with Gasteiger partial charge in [0, 0.05) is 23.3 Å². The predicted molar refractivity (Wildman–Crippen MR) is 88.8 cm³/mol. The van der Waals surface area contributed by atoms with Crippen LogP contribution in [0.4, 0.5) is 0 Å². The molecular formula is C18H16N2O4. The minimum atomic E-state index is -0.513. The van der Waals surface area contributed by atoms with Gasteiger partial charge in [-0.05, 0) is 11.6 Å². The number of carbonyl (C=O) groups excluding carboxylic acids is 1. The van der Waals surface area contributed by atoms with E-state index in [1.165, 1.54) is 14.2 Å². The van der Waals surface area contributed by atoms with Crippen molar-refractivity contribution >= 4 is 16.9 Å². The molecule has 0 amide bonds. The average Bonchev–Trinajstić information content (AvgIpc) is 2.65. The zero-order valence-corrected chi connectivity index (χ0v) is 13.3. The lowest BCUT2D eigenvalue weighted by atomic mass is 10.0. The fraction of sp³-hybridized carbons (Fsp3) is 0.167. The Balaban J connectivity index is 2.32. The van der Waals surface area contributed by atoms with Gasteiger partial charge in [0.15, 0.2) is 5.75 Å². The summed E-state index contributed by atoms with van der Waals surface area (Å²) >= 11 is 0. The lowest BCUT2D eigenvalue weighted by Gasteiger charge is -2.14. The third-order valence-corrected chi connectivity index (χ3v) is 3.75. The van der Waals surface area contributed by atoms with E-state index >= 15 is 0 Å². The van der Waals surface area contributed by atoms with E-state index in [0.717, 1.165) is 11.1 Å². The van der Waals surface area contributed by atoms with E-state index in [1.54, 1.807) is 30.6 Å². The number of rotatable bonds is 4. The largest absolute Gasteiger partial charge is 0.494 e. The van der Waals surface area contributed by atoms with Crippen LogP contribution in [0.15, 0.2) is 42.7 Å². The molecule has 0 aliphatic carbocycles. The van der Waals surface area contributed by atoms with Crippen molar-refractivity contribution in [3.8, 4) is 17.0 Å². The summed E-state index contributed by atoms with van der Waals surface area (Å²) in [6, 6.07) is 8.97. The van der Waals surface area contributed by atoms with Crippen molar-refractivity contribution in [1.29, 1.82) is 0 Å². The van der Waals surface area contributed by atoms with E-state index < -0.39 is 5.97 Å². The molecule has 6 nitrogen and oxygen atoms in total. The van der Waals surface area contributed by atoms with Gasteiger partial charge >= 0.3 is 5.97 Å². The van der Waals surface area contributed by atoms with Gasteiger partial charge in [0.1, 0.15) is 11.3 Å². The summed E-state index contributed by atoms with van der Waals surface area (Å²) in [5.41, 5.74) is 3.00. The Bertz CT molecular complexity index is 891. The van der Waals surface area contributed by atoms with Gasteiger partial charge in [0.05, 0.1) is 26.3 Å². The van der Waals surface area contributed by atoms with E-state index in [9.17, 15) is 9.90 Å². The molecule has 0 aliphatic heterocycles. The summed E-state index contributed by atoms with van der Waals surface area (Å²) in [6.07, 6.45) is 3.18. The first-order valence-corrected chi connectivity index (χ1v) is 7.29. The van der Waals surface area contributed by atoms with Gasteiger partial charge in [-0.3, -0.25) is 4.98 Å². The Hall–Kier alpha value is -2.99. The van der Waals surface area contributed by atoms with Gasteiger partial charge < -0.3 is 14.6 Å². The molecule has 0 radical (unpaired) electrons. The topological polar surface area (TPSA) is 81.5 Å². The highest BCUT2D eigenvalue weighted by atomic mass is 16.5. The molecule has 2 heterocycles. The monoisotopic (exact) mass is 324 g/mol. The molecule has 24 heavy (non-hydrogen) atoms. The van der Waals surface area contributed by atoms with Crippen molar-refractivity contribution in [3.05, 3.63) is 53.9 Å². The molecule has 3 aromatic rings. The summed E-state index contributed by atoms with van der Waals surface area (Å²) < 4.78 is 10.4. The number of nitrogens with zero attached hydrogens (tertiary/aromatic N) is 2. The van der Waals surface area contributed by atoms with Crippen molar-refractivity contribution in [2.24, 2.45) is 0 Å². The van der Waals surface area contributed by atoms with Crippen LogP contribution in [0.1, 0.15) is 15.9 Å². The molecule has 3 rings (SSSR count). The zero-order valence-electron chi connectivity index (χ0n) is 13.3. The SMILES string of the molecule is COC(=O)c1c(OC)c(-c2ccc(CO)cc2)nc2ccncc12. The van der Waals surface area contributed by atoms with Gasteiger partial charge in [0.25, 0.3) is 0 Å². The quantitative estimate of drug-likeness (QED) is 0.743. The summed E-state index contributed by atoms with van der Waals surface area (Å²) in [7, 11) is 2.80. The molecule has 0 bridgehead atoms. The number of aromatic nitrogens is 2. The Kier molecular flexibility index (Phi) is 4.39. The van der Waals surface area contributed by atoms with Crippen LogP contribution in [0, 0.1) is 0 Å². The standard InChI is InChI=1S/C18H16N2O4/c1-23-17-15(18(22)24-2)13-9-19-8-7-14(13)20-16(17)12-5-3-11(10-21)4-6-12/h3-9,21H,10H2,1-2H3. The molecule has 6 heteroatoms. The molecule has 0 fully saturated rings. The van der Waals surface area contributed by atoms with Crippen LogP contribution >= 0.6 is 0 Å². The lowest BCUT2D eigenvalue weighted by Crippen LogP contribution is -2.08. The van der Waals surface area contributed by atoms with Crippen LogP contribution in [-0.4, -0.2) is 35.3 Å². The molecule has 0 spiro atoms. The smallest absolute Gasteiger partial charge is 0.342 e. The number of hydrogen-bond acceptors (Lipinski definition) is 6. The fourth-order valence-electron chi connectivity index (χ4n) is 2.56. The van der Waals surface area contributed by atoms with Crippen LogP contribution in [0.5, 0.6) is 5.75 Å². The van der Waals surface area contributed by atoms with Gasteiger partial charge in [-0.15, -0.1) is 0 Å². The molecule has 1 aromatic carbocycles.